The first-order valence-electron chi connectivity index (χ1n) is 11.7. The van der Waals surface area contributed by atoms with Gasteiger partial charge in [0, 0.05) is 50.3 Å². The number of carbonyl (C=O) groups excluding carboxylic acids is 1. The molecule has 1 aromatic carbocycles. The molecule has 0 saturated heterocycles. The van der Waals surface area contributed by atoms with E-state index in [9.17, 15) is 24.5 Å². The molecule has 2 heterocycles. The fourth-order valence-electron chi connectivity index (χ4n) is 5.21. The number of aromatic nitrogens is 2. The molecule has 35 heavy (non-hydrogen) atoms. The van der Waals surface area contributed by atoms with Crippen LogP contribution in [-0.4, -0.2) is 26.9 Å². The summed E-state index contributed by atoms with van der Waals surface area (Å²) in [6, 6.07) is 4.70. The Hall–Kier alpha value is -3.69. The fraction of sp³-hybridized carbons (Fsp3) is 0.480. The van der Waals surface area contributed by atoms with Gasteiger partial charge in [0.25, 0.3) is 11.2 Å². The second-order valence-electron chi connectivity index (χ2n) is 10.6. The van der Waals surface area contributed by atoms with Gasteiger partial charge in [-0.2, -0.15) is 0 Å². The molecule has 1 aliphatic heterocycles. The van der Waals surface area contributed by atoms with Gasteiger partial charge >= 0.3 is 5.69 Å². The maximum Gasteiger partial charge on any atom is 0.332 e. The van der Waals surface area contributed by atoms with Gasteiger partial charge in [-0.1, -0.05) is 33.8 Å². The van der Waals surface area contributed by atoms with Gasteiger partial charge in [0.05, 0.1) is 10.5 Å². The van der Waals surface area contributed by atoms with Crippen molar-refractivity contribution in [2.75, 3.05) is 17.7 Å². The summed E-state index contributed by atoms with van der Waals surface area (Å²) in [7, 11) is 3.01. The topological polar surface area (TPSA) is 128 Å². The zero-order chi connectivity index (χ0) is 25.8. The summed E-state index contributed by atoms with van der Waals surface area (Å²) in [6.07, 6.45) is 0.841. The highest BCUT2D eigenvalue weighted by molar-refractivity contribution is 6.01. The first-order chi connectivity index (χ1) is 16.4. The Kier molecular flexibility index (Phi) is 5.94. The lowest BCUT2D eigenvalue weighted by molar-refractivity contribution is -0.384. The van der Waals surface area contributed by atoms with Gasteiger partial charge in [0.15, 0.2) is 5.78 Å². The van der Waals surface area contributed by atoms with E-state index in [1.165, 1.54) is 13.1 Å². The van der Waals surface area contributed by atoms with Crippen molar-refractivity contribution in [2.45, 2.75) is 53.0 Å². The molecule has 4 rings (SSSR count). The van der Waals surface area contributed by atoms with Gasteiger partial charge in [0.2, 0.25) is 0 Å². The third-order valence-electron chi connectivity index (χ3n) is 6.71. The molecule has 186 valence electrons. The number of nitro groups is 1. The third-order valence-corrected chi connectivity index (χ3v) is 6.71. The van der Waals surface area contributed by atoms with Gasteiger partial charge in [-0.25, -0.2) is 4.79 Å². The van der Waals surface area contributed by atoms with E-state index in [0.717, 1.165) is 4.57 Å². The van der Waals surface area contributed by atoms with Crippen molar-refractivity contribution in [3.63, 3.8) is 0 Å². The molecule has 1 unspecified atom stereocenters. The van der Waals surface area contributed by atoms with Gasteiger partial charge < -0.3 is 10.6 Å². The van der Waals surface area contributed by atoms with E-state index in [1.54, 1.807) is 23.7 Å². The molecule has 0 spiro atoms. The molecule has 10 nitrogen and oxygen atoms in total. The Balaban J connectivity index is 2.10. The van der Waals surface area contributed by atoms with E-state index in [0.29, 0.717) is 47.7 Å². The predicted octanol–water partition coefficient (Wildman–Crippen LogP) is 3.35. The van der Waals surface area contributed by atoms with E-state index in [1.807, 2.05) is 27.7 Å². The molecule has 0 radical (unpaired) electrons. The molecule has 0 fully saturated rings. The Morgan fingerprint density at radius 3 is 2.51 bits per heavy atom. The number of nitrogens with one attached hydrogen (secondary N) is 2. The Morgan fingerprint density at radius 2 is 1.91 bits per heavy atom. The Bertz CT molecular complexity index is 1400. The summed E-state index contributed by atoms with van der Waals surface area (Å²) in [4.78, 5) is 51.5. The second kappa shape index (κ2) is 8.51. The number of allylic oxidation sites excluding steroid dienone is 2. The molecule has 2 aliphatic rings. The van der Waals surface area contributed by atoms with Crippen molar-refractivity contribution < 1.29 is 9.72 Å². The van der Waals surface area contributed by atoms with Crippen molar-refractivity contribution in [3.8, 4) is 0 Å². The van der Waals surface area contributed by atoms with Crippen LogP contribution in [0.15, 0.2) is 39.1 Å². The number of benzene rings is 1. The maximum absolute atomic E-state index is 13.5. The lowest BCUT2D eigenvalue weighted by Crippen LogP contribution is -2.46. The van der Waals surface area contributed by atoms with Crippen LogP contribution in [0.25, 0.3) is 0 Å². The van der Waals surface area contributed by atoms with Gasteiger partial charge in [-0.15, -0.1) is 0 Å². The van der Waals surface area contributed by atoms with Crippen molar-refractivity contribution in [1.82, 2.24) is 9.13 Å². The molecule has 0 bridgehead atoms. The first-order valence-corrected chi connectivity index (χ1v) is 11.7. The summed E-state index contributed by atoms with van der Waals surface area (Å²) in [5.74, 6) is -0.456. The molecule has 0 saturated carbocycles. The maximum atomic E-state index is 13.5. The quantitative estimate of drug-likeness (QED) is 0.495. The highest BCUT2D eigenvalue weighted by Gasteiger charge is 2.43. The standard InChI is InChI=1S/C25H31N5O5/c1-13(2)12-29-22-21(23(32)28(6)24(29)33)19(14-7-8-15(26-5)17(9-14)30(34)35)20-16(27-22)10-25(3,4)11-18(20)31/h7-9,13,19,26-27H,10-12H2,1-6H3. The molecule has 1 aromatic heterocycles. The fourth-order valence-corrected chi connectivity index (χ4v) is 5.21. The molecule has 2 N–H and O–H groups in total. The van der Waals surface area contributed by atoms with Crippen LogP contribution in [0, 0.1) is 21.4 Å². The molecule has 1 atom stereocenters. The third kappa shape index (κ3) is 4.06. The van der Waals surface area contributed by atoms with Crippen molar-refractivity contribution in [3.05, 3.63) is 71.5 Å². The minimum Gasteiger partial charge on any atom is -0.383 e. The summed E-state index contributed by atoms with van der Waals surface area (Å²) in [6.45, 7) is 8.31. The summed E-state index contributed by atoms with van der Waals surface area (Å²) in [5, 5.41) is 17.9. The normalized spacial score (nSPS) is 18.7. The van der Waals surface area contributed by atoms with Crippen molar-refractivity contribution >= 4 is 23.0 Å². The molecule has 1 aliphatic carbocycles. The number of Topliss-reactive ketones (excluding diaryl/α,β-unsaturated/α-hetero) is 1. The SMILES string of the molecule is CNc1ccc(C2C3=C(CC(C)(C)CC3=O)Nc3c2c(=O)n(C)c(=O)n3CC(C)C)cc1[N+](=O)[O-]. The summed E-state index contributed by atoms with van der Waals surface area (Å²) in [5.41, 5.74) is 0.721. The molecule has 2 aromatic rings. The van der Waals surface area contributed by atoms with Crippen LogP contribution in [0.3, 0.4) is 0 Å². The first kappa shape index (κ1) is 24.4. The van der Waals surface area contributed by atoms with Crippen LogP contribution < -0.4 is 21.9 Å². The van der Waals surface area contributed by atoms with Crippen LogP contribution in [0.1, 0.15) is 57.6 Å². The smallest absolute Gasteiger partial charge is 0.332 e. The number of anilines is 2. The molecular weight excluding hydrogens is 450 g/mol. The van der Waals surface area contributed by atoms with E-state index < -0.39 is 22.1 Å². The molecule has 10 heteroatoms. The largest absolute Gasteiger partial charge is 0.383 e. The predicted molar refractivity (Wildman–Crippen MR) is 134 cm³/mol. The Morgan fingerprint density at radius 1 is 1.23 bits per heavy atom. The van der Waals surface area contributed by atoms with Crippen LogP contribution in [0.4, 0.5) is 17.2 Å². The number of hydrogen-bond donors (Lipinski definition) is 2. The number of hydrogen-bond acceptors (Lipinski definition) is 7. The number of nitrogens with zero attached hydrogens (tertiary/aromatic N) is 3. The van der Waals surface area contributed by atoms with Gasteiger partial charge in [-0.3, -0.25) is 28.8 Å². The number of rotatable bonds is 5. The lowest BCUT2D eigenvalue weighted by Gasteiger charge is -2.39. The summed E-state index contributed by atoms with van der Waals surface area (Å²) >= 11 is 0. The monoisotopic (exact) mass is 481 g/mol. The highest BCUT2D eigenvalue weighted by atomic mass is 16.6. The molecule has 0 amide bonds. The molecular formula is C25H31N5O5. The zero-order valence-corrected chi connectivity index (χ0v) is 20.9. The second-order valence-corrected chi connectivity index (χ2v) is 10.6. The summed E-state index contributed by atoms with van der Waals surface area (Å²) < 4.78 is 2.59. The average molecular weight is 482 g/mol. The minimum absolute atomic E-state index is 0.108. The van der Waals surface area contributed by atoms with Crippen molar-refractivity contribution in [1.29, 1.82) is 0 Å². The number of fused-ring (bicyclic) bond motifs is 1. The van der Waals surface area contributed by atoms with Crippen molar-refractivity contribution in [2.24, 2.45) is 18.4 Å². The van der Waals surface area contributed by atoms with Crippen LogP contribution in [0.5, 0.6) is 0 Å². The average Bonchev–Trinajstić information content (AvgIpc) is 2.77. The van der Waals surface area contributed by atoms with Gasteiger partial charge in [0.1, 0.15) is 11.5 Å². The number of carbonyl (C=O) groups is 1. The van der Waals surface area contributed by atoms with Crippen LogP contribution in [0.2, 0.25) is 0 Å². The van der Waals surface area contributed by atoms with Gasteiger partial charge in [-0.05, 0) is 29.4 Å². The lowest BCUT2D eigenvalue weighted by atomic mass is 9.69. The number of nitro benzene ring substituents is 1. The van der Waals surface area contributed by atoms with Crippen LogP contribution in [-0.2, 0) is 18.4 Å². The van der Waals surface area contributed by atoms with E-state index in [-0.39, 0.29) is 28.4 Å². The Labute approximate surface area is 202 Å². The highest BCUT2D eigenvalue weighted by Crippen LogP contribution is 2.48. The number of ketones is 1. The zero-order valence-electron chi connectivity index (χ0n) is 20.9. The van der Waals surface area contributed by atoms with Crippen LogP contribution >= 0.6 is 0 Å². The van der Waals surface area contributed by atoms with E-state index >= 15 is 0 Å². The van der Waals surface area contributed by atoms with E-state index in [2.05, 4.69) is 10.6 Å². The van der Waals surface area contributed by atoms with E-state index in [4.69, 9.17) is 0 Å². The minimum atomic E-state index is -0.827.